The van der Waals surface area contributed by atoms with Crippen molar-refractivity contribution in [3.63, 3.8) is 0 Å². The monoisotopic (exact) mass is 504 g/mol. The molecule has 2 aromatic carbocycles. The highest BCUT2D eigenvalue weighted by molar-refractivity contribution is 5.94. The number of carbonyl (C=O) groups is 1. The number of hydrogen-bond donors (Lipinski definition) is 0. The highest BCUT2D eigenvalue weighted by Crippen LogP contribution is 2.31. The van der Waals surface area contributed by atoms with Crippen molar-refractivity contribution in [1.82, 2.24) is 9.80 Å². The molecule has 2 aromatic rings. The Morgan fingerprint density at radius 2 is 1.71 bits per heavy atom. The third-order valence-electron chi connectivity index (χ3n) is 5.60. The highest BCUT2D eigenvalue weighted by Gasteiger charge is 2.33. The van der Waals surface area contributed by atoms with Crippen LogP contribution in [0.2, 0.25) is 0 Å². The van der Waals surface area contributed by atoms with E-state index in [0.717, 1.165) is 24.3 Å². The number of alkyl halides is 6. The van der Waals surface area contributed by atoms with Crippen LogP contribution >= 0.6 is 0 Å². The molecule has 0 saturated carbocycles. The second-order valence-electron chi connectivity index (χ2n) is 8.25. The summed E-state index contributed by atoms with van der Waals surface area (Å²) in [6, 6.07) is 9.29. The van der Waals surface area contributed by atoms with Crippen LogP contribution < -0.4 is 0 Å². The summed E-state index contributed by atoms with van der Waals surface area (Å²) < 4.78 is 89.1. The van der Waals surface area contributed by atoms with Crippen molar-refractivity contribution in [2.24, 2.45) is 0 Å². The molecule has 0 bridgehead atoms. The maximum Gasteiger partial charge on any atom is 0.416 e. The molecule has 1 atom stereocenters. The van der Waals surface area contributed by atoms with Crippen LogP contribution in [-0.2, 0) is 28.4 Å². The van der Waals surface area contributed by atoms with Gasteiger partial charge in [0.2, 0.25) is 0 Å². The number of benzene rings is 2. The minimum absolute atomic E-state index is 0.0948. The molecular formula is C24H26F6N2O3. The number of carbonyl (C=O) groups excluding carboxylic acids is 1. The van der Waals surface area contributed by atoms with Gasteiger partial charge < -0.3 is 14.4 Å². The number of morpholine rings is 1. The van der Waals surface area contributed by atoms with Gasteiger partial charge in [0.1, 0.15) is 0 Å². The van der Waals surface area contributed by atoms with Crippen molar-refractivity contribution in [2.45, 2.75) is 25.0 Å². The van der Waals surface area contributed by atoms with E-state index < -0.39 is 35.5 Å². The van der Waals surface area contributed by atoms with Gasteiger partial charge in [0.15, 0.2) is 0 Å². The van der Waals surface area contributed by atoms with Crippen molar-refractivity contribution in [2.75, 3.05) is 46.5 Å². The first-order chi connectivity index (χ1) is 16.5. The third kappa shape index (κ3) is 7.68. The summed E-state index contributed by atoms with van der Waals surface area (Å²) in [5, 5.41) is 0. The fourth-order valence-corrected chi connectivity index (χ4v) is 3.87. The molecule has 35 heavy (non-hydrogen) atoms. The summed E-state index contributed by atoms with van der Waals surface area (Å²) in [5.41, 5.74) is -1.25. The predicted molar refractivity (Wildman–Crippen MR) is 116 cm³/mol. The van der Waals surface area contributed by atoms with Gasteiger partial charge in [-0.25, -0.2) is 0 Å². The lowest BCUT2D eigenvalue weighted by atomic mass is 10.1. The molecule has 1 amide bonds. The largest absolute Gasteiger partial charge is 0.416 e. The lowest BCUT2D eigenvalue weighted by molar-refractivity contribution is -0.138. The van der Waals surface area contributed by atoms with E-state index in [-0.39, 0.29) is 31.8 Å². The Bertz CT molecular complexity index is 996. The van der Waals surface area contributed by atoms with Crippen LogP contribution in [0, 0.1) is 0 Å². The van der Waals surface area contributed by atoms with Crippen LogP contribution in [0.4, 0.5) is 26.3 Å². The van der Waals surface area contributed by atoms with E-state index in [1.165, 1.54) is 30.2 Å². The molecule has 0 aliphatic carbocycles. The van der Waals surface area contributed by atoms with Crippen LogP contribution in [0.3, 0.4) is 0 Å². The smallest absolute Gasteiger partial charge is 0.383 e. The molecule has 0 unspecified atom stereocenters. The summed E-state index contributed by atoms with van der Waals surface area (Å²) in [5.74, 6) is -0.591. The van der Waals surface area contributed by atoms with Gasteiger partial charge in [0.05, 0.1) is 30.4 Å². The summed E-state index contributed by atoms with van der Waals surface area (Å²) >= 11 is 0. The van der Waals surface area contributed by atoms with Gasteiger partial charge >= 0.3 is 12.4 Å². The summed E-state index contributed by atoms with van der Waals surface area (Å²) in [7, 11) is 1.45. The first-order valence-corrected chi connectivity index (χ1v) is 10.9. The Hall–Kier alpha value is -2.63. The second-order valence-corrected chi connectivity index (χ2v) is 8.25. The first-order valence-electron chi connectivity index (χ1n) is 10.9. The molecule has 0 aromatic heterocycles. The number of rotatable bonds is 8. The minimum atomic E-state index is -4.58. The molecule has 192 valence electrons. The number of hydrogen-bond acceptors (Lipinski definition) is 4. The van der Waals surface area contributed by atoms with E-state index in [1.807, 2.05) is 4.90 Å². The SMILES string of the molecule is COCCN(C[C@@H]1CN(Cc2cccc(C(F)(F)F)c2)CCO1)C(=O)c1cccc(C(F)(F)F)c1. The standard InChI is InChI=1S/C24H26F6N2O3/c1-34-10-9-32(22(33)18-5-3-7-20(13-18)24(28,29)30)16-21-15-31(8-11-35-21)14-17-4-2-6-19(12-17)23(25,26)27/h2-7,12-13,21H,8-11,14-16H2,1H3/t21-/m0/s1. The molecule has 1 saturated heterocycles. The normalized spacial score (nSPS) is 17.4. The Morgan fingerprint density at radius 1 is 1.06 bits per heavy atom. The molecule has 1 aliphatic rings. The zero-order chi connectivity index (χ0) is 25.6. The Kier molecular flexibility index (Phi) is 8.79. The highest BCUT2D eigenvalue weighted by atomic mass is 19.4. The van der Waals surface area contributed by atoms with Gasteiger partial charge in [-0.1, -0.05) is 24.3 Å². The molecule has 0 N–H and O–H groups in total. The van der Waals surface area contributed by atoms with E-state index in [1.54, 1.807) is 6.07 Å². The number of methoxy groups -OCH3 is 1. The molecule has 0 spiro atoms. The molecule has 1 heterocycles. The zero-order valence-corrected chi connectivity index (χ0v) is 19.0. The van der Waals surface area contributed by atoms with Crippen LogP contribution in [0.1, 0.15) is 27.0 Å². The quantitative estimate of drug-likeness (QED) is 0.489. The van der Waals surface area contributed by atoms with Gasteiger partial charge in [0.25, 0.3) is 5.91 Å². The number of ether oxygens (including phenoxy) is 2. The maximum atomic E-state index is 13.1. The Labute approximate surface area is 199 Å². The average molecular weight is 504 g/mol. The third-order valence-corrected chi connectivity index (χ3v) is 5.60. The average Bonchev–Trinajstić information content (AvgIpc) is 2.81. The summed E-state index contributed by atoms with van der Waals surface area (Å²) in [6.07, 6.45) is -9.49. The Balaban J connectivity index is 1.69. The zero-order valence-electron chi connectivity index (χ0n) is 19.0. The number of nitrogens with zero attached hydrogens (tertiary/aromatic N) is 2. The number of halogens is 6. The molecular weight excluding hydrogens is 478 g/mol. The van der Waals surface area contributed by atoms with Crippen LogP contribution in [0.15, 0.2) is 48.5 Å². The lowest BCUT2D eigenvalue weighted by Gasteiger charge is -2.36. The second kappa shape index (κ2) is 11.4. The molecule has 5 nitrogen and oxygen atoms in total. The van der Waals surface area contributed by atoms with Crippen molar-refractivity contribution < 1.29 is 40.6 Å². The molecule has 1 aliphatic heterocycles. The van der Waals surface area contributed by atoms with E-state index in [4.69, 9.17) is 9.47 Å². The van der Waals surface area contributed by atoms with Crippen LogP contribution in [0.25, 0.3) is 0 Å². The lowest BCUT2D eigenvalue weighted by Crippen LogP contribution is -2.49. The van der Waals surface area contributed by atoms with Gasteiger partial charge in [-0.15, -0.1) is 0 Å². The topological polar surface area (TPSA) is 42.0 Å². The molecule has 1 fully saturated rings. The molecule has 11 heteroatoms. The van der Waals surface area contributed by atoms with E-state index >= 15 is 0 Å². The predicted octanol–water partition coefficient (Wildman–Crippen LogP) is 4.71. The van der Waals surface area contributed by atoms with Crippen molar-refractivity contribution in [3.05, 3.63) is 70.8 Å². The summed E-state index contributed by atoms with van der Waals surface area (Å²) in [4.78, 5) is 16.3. The fraction of sp³-hybridized carbons (Fsp3) is 0.458. The number of amides is 1. The fourth-order valence-electron chi connectivity index (χ4n) is 3.87. The maximum absolute atomic E-state index is 13.1. The van der Waals surface area contributed by atoms with Gasteiger partial charge in [0, 0.05) is 45.4 Å². The van der Waals surface area contributed by atoms with Crippen molar-refractivity contribution in [3.8, 4) is 0 Å². The van der Waals surface area contributed by atoms with Gasteiger partial charge in [-0.05, 0) is 29.8 Å². The van der Waals surface area contributed by atoms with Crippen molar-refractivity contribution >= 4 is 5.91 Å². The van der Waals surface area contributed by atoms with E-state index in [0.29, 0.717) is 25.3 Å². The minimum Gasteiger partial charge on any atom is -0.383 e. The van der Waals surface area contributed by atoms with Gasteiger partial charge in [-0.2, -0.15) is 26.3 Å². The van der Waals surface area contributed by atoms with Crippen LogP contribution in [-0.4, -0.2) is 68.3 Å². The first kappa shape index (κ1) is 27.0. The van der Waals surface area contributed by atoms with E-state index in [2.05, 4.69) is 0 Å². The summed E-state index contributed by atoms with van der Waals surface area (Å²) in [6.45, 7) is 1.81. The Morgan fingerprint density at radius 3 is 2.37 bits per heavy atom. The van der Waals surface area contributed by atoms with Crippen molar-refractivity contribution in [1.29, 1.82) is 0 Å². The van der Waals surface area contributed by atoms with Crippen LogP contribution in [0.5, 0.6) is 0 Å². The molecule has 0 radical (unpaired) electrons. The van der Waals surface area contributed by atoms with E-state index in [9.17, 15) is 31.1 Å². The molecule has 3 rings (SSSR count). The van der Waals surface area contributed by atoms with Gasteiger partial charge in [-0.3, -0.25) is 9.69 Å².